The molecular weight excluding hydrogens is 186 g/mol. The van der Waals surface area contributed by atoms with Gasteiger partial charge in [0.1, 0.15) is 0 Å². The van der Waals surface area contributed by atoms with Crippen molar-refractivity contribution in [1.29, 1.82) is 0 Å². The molecule has 1 aromatic carbocycles. The SMILES string of the molecule is Cc1c(Cl)cccc1C(O)C(C)N. The third kappa shape index (κ3) is 2.21. The number of aliphatic hydroxyl groups excluding tert-OH is 1. The average Bonchev–Trinajstić information content (AvgIpc) is 2.08. The summed E-state index contributed by atoms with van der Waals surface area (Å²) in [5.74, 6) is 0. The first-order valence-electron chi connectivity index (χ1n) is 4.22. The van der Waals surface area contributed by atoms with Crippen LogP contribution in [0.4, 0.5) is 0 Å². The first kappa shape index (κ1) is 10.5. The monoisotopic (exact) mass is 199 g/mol. The molecule has 0 amide bonds. The van der Waals surface area contributed by atoms with Crippen LogP contribution >= 0.6 is 11.6 Å². The molecule has 0 aromatic heterocycles. The van der Waals surface area contributed by atoms with E-state index >= 15 is 0 Å². The molecule has 0 heterocycles. The van der Waals surface area contributed by atoms with Crippen molar-refractivity contribution in [3.8, 4) is 0 Å². The van der Waals surface area contributed by atoms with E-state index in [4.69, 9.17) is 17.3 Å². The van der Waals surface area contributed by atoms with Gasteiger partial charge in [0.15, 0.2) is 0 Å². The van der Waals surface area contributed by atoms with Gasteiger partial charge in [-0.25, -0.2) is 0 Å². The molecule has 0 aliphatic heterocycles. The lowest BCUT2D eigenvalue weighted by atomic mass is 9.99. The van der Waals surface area contributed by atoms with Gasteiger partial charge in [0, 0.05) is 11.1 Å². The van der Waals surface area contributed by atoms with Gasteiger partial charge in [-0.15, -0.1) is 0 Å². The summed E-state index contributed by atoms with van der Waals surface area (Å²) >= 11 is 5.91. The molecule has 0 spiro atoms. The molecule has 0 aliphatic rings. The zero-order valence-electron chi connectivity index (χ0n) is 7.79. The highest BCUT2D eigenvalue weighted by Gasteiger charge is 2.15. The summed E-state index contributed by atoms with van der Waals surface area (Å²) in [4.78, 5) is 0. The van der Waals surface area contributed by atoms with Crippen molar-refractivity contribution in [3.63, 3.8) is 0 Å². The van der Waals surface area contributed by atoms with Gasteiger partial charge in [-0.3, -0.25) is 0 Å². The minimum absolute atomic E-state index is 0.280. The molecule has 0 aliphatic carbocycles. The summed E-state index contributed by atoms with van der Waals surface area (Å²) < 4.78 is 0. The lowest BCUT2D eigenvalue weighted by Crippen LogP contribution is -2.24. The van der Waals surface area contributed by atoms with E-state index in [-0.39, 0.29) is 6.04 Å². The van der Waals surface area contributed by atoms with E-state index in [1.807, 2.05) is 19.1 Å². The molecule has 0 saturated heterocycles. The third-order valence-electron chi connectivity index (χ3n) is 2.13. The highest BCUT2D eigenvalue weighted by Crippen LogP contribution is 2.25. The zero-order chi connectivity index (χ0) is 10.0. The maximum atomic E-state index is 9.72. The molecule has 1 rings (SSSR count). The molecule has 2 atom stereocenters. The third-order valence-corrected chi connectivity index (χ3v) is 2.54. The van der Waals surface area contributed by atoms with Crippen molar-refractivity contribution < 1.29 is 5.11 Å². The molecule has 2 nitrogen and oxygen atoms in total. The Morgan fingerprint density at radius 2 is 2.08 bits per heavy atom. The van der Waals surface area contributed by atoms with Gasteiger partial charge in [-0.2, -0.15) is 0 Å². The number of benzene rings is 1. The summed E-state index contributed by atoms with van der Waals surface area (Å²) in [5.41, 5.74) is 7.30. The van der Waals surface area contributed by atoms with Gasteiger partial charge in [-0.1, -0.05) is 23.7 Å². The Morgan fingerprint density at radius 3 is 2.62 bits per heavy atom. The lowest BCUT2D eigenvalue weighted by molar-refractivity contribution is 0.152. The molecule has 0 bridgehead atoms. The molecule has 0 radical (unpaired) electrons. The van der Waals surface area contributed by atoms with Crippen LogP contribution < -0.4 is 5.73 Å². The van der Waals surface area contributed by atoms with Crippen LogP contribution in [0.5, 0.6) is 0 Å². The van der Waals surface area contributed by atoms with Crippen molar-refractivity contribution >= 4 is 11.6 Å². The van der Waals surface area contributed by atoms with Crippen molar-refractivity contribution in [2.75, 3.05) is 0 Å². The maximum absolute atomic E-state index is 9.72. The van der Waals surface area contributed by atoms with Crippen LogP contribution in [0.1, 0.15) is 24.2 Å². The second-order valence-corrected chi connectivity index (χ2v) is 3.67. The van der Waals surface area contributed by atoms with Crippen LogP contribution in [-0.4, -0.2) is 11.1 Å². The number of hydrogen-bond acceptors (Lipinski definition) is 2. The average molecular weight is 200 g/mol. The predicted molar refractivity (Wildman–Crippen MR) is 54.8 cm³/mol. The quantitative estimate of drug-likeness (QED) is 0.766. The first-order chi connectivity index (χ1) is 6.04. The van der Waals surface area contributed by atoms with Gasteiger partial charge in [0.25, 0.3) is 0 Å². The Balaban J connectivity index is 3.07. The van der Waals surface area contributed by atoms with E-state index in [0.717, 1.165) is 11.1 Å². The van der Waals surface area contributed by atoms with E-state index < -0.39 is 6.10 Å². The van der Waals surface area contributed by atoms with Crippen LogP contribution in [-0.2, 0) is 0 Å². The predicted octanol–water partition coefficient (Wildman–Crippen LogP) is 2.03. The smallest absolute Gasteiger partial charge is 0.0941 e. The minimum atomic E-state index is -0.640. The number of aliphatic hydroxyl groups is 1. The molecule has 72 valence electrons. The summed E-state index contributed by atoms with van der Waals surface area (Å²) in [5, 5.41) is 10.4. The zero-order valence-corrected chi connectivity index (χ0v) is 8.55. The van der Waals surface area contributed by atoms with Crippen molar-refractivity contribution in [2.24, 2.45) is 5.73 Å². The molecule has 3 N–H and O–H groups in total. The number of rotatable bonds is 2. The normalized spacial score (nSPS) is 15.5. The first-order valence-corrected chi connectivity index (χ1v) is 4.60. The lowest BCUT2D eigenvalue weighted by Gasteiger charge is -2.17. The molecule has 0 saturated carbocycles. The molecule has 0 fully saturated rings. The number of halogens is 1. The van der Waals surface area contributed by atoms with Crippen LogP contribution in [0.2, 0.25) is 5.02 Å². The summed E-state index contributed by atoms with van der Waals surface area (Å²) in [7, 11) is 0. The Bertz CT molecular complexity index is 299. The van der Waals surface area contributed by atoms with Crippen LogP contribution in [0.25, 0.3) is 0 Å². The van der Waals surface area contributed by atoms with E-state index in [0.29, 0.717) is 5.02 Å². The van der Waals surface area contributed by atoms with Gasteiger partial charge >= 0.3 is 0 Å². The van der Waals surface area contributed by atoms with Crippen molar-refractivity contribution in [1.82, 2.24) is 0 Å². The standard InChI is InChI=1S/C10H14ClNO/c1-6-8(10(13)7(2)12)4-3-5-9(6)11/h3-5,7,10,13H,12H2,1-2H3. The van der Waals surface area contributed by atoms with Gasteiger partial charge in [0.05, 0.1) is 6.10 Å². The summed E-state index contributed by atoms with van der Waals surface area (Å²) in [6.07, 6.45) is -0.640. The minimum Gasteiger partial charge on any atom is -0.387 e. The van der Waals surface area contributed by atoms with E-state index in [9.17, 15) is 5.11 Å². The van der Waals surface area contributed by atoms with Gasteiger partial charge < -0.3 is 10.8 Å². The molecule has 3 heteroatoms. The topological polar surface area (TPSA) is 46.2 Å². The summed E-state index contributed by atoms with van der Waals surface area (Å²) in [6.45, 7) is 3.65. The van der Waals surface area contributed by atoms with Crippen LogP contribution in [0.3, 0.4) is 0 Å². The van der Waals surface area contributed by atoms with Crippen molar-refractivity contribution in [3.05, 3.63) is 34.3 Å². The number of hydrogen-bond donors (Lipinski definition) is 2. The summed E-state index contributed by atoms with van der Waals surface area (Å²) in [6, 6.07) is 5.18. The van der Waals surface area contributed by atoms with E-state index in [2.05, 4.69) is 0 Å². The Hall–Kier alpha value is -0.570. The van der Waals surface area contributed by atoms with E-state index in [1.165, 1.54) is 0 Å². The van der Waals surface area contributed by atoms with Gasteiger partial charge in [0.2, 0.25) is 0 Å². The molecule has 2 unspecified atom stereocenters. The number of nitrogens with two attached hydrogens (primary N) is 1. The Kier molecular flexibility index (Phi) is 3.31. The molecule has 13 heavy (non-hydrogen) atoms. The fourth-order valence-electron chi connectivity index (χ4n) is 1.23. The molecule has 1 aromatic rings. The fraction of sp³-hybridized carbons (Fsp3) is 0.400. The van der Waals surface area contributed by atoms with Crippen LogP contribution in [0.15, 0.2) is 18.2 Å². The van der Waals surface area contributed by atoms with Crippen LogP contribution in [0, 0.1) is 6.92 Å². The second kappa shape index (κ2) is 4.09. The maximum Gasteiger partial charge on any atom is 0.0941 e. The Labute approximate surface area is 83.3 Å². The van der Waals surface area contributed by atoms with Crippen molar-refractivity contribution in [2.45, 2.75) is 26.0 Å². The fourth-order valence-corrected chi connectivity index (χ4v) is 1.41. The van der Waals surface area contributed by atoms with E-state index in [1.54, 1.807) is 13.0 Å². The Morgan fingerprint density at radius 1 is 1.46 bits per heavy atom. The van der Waals surface area contributed by atoms with Gasteiger partial charge in [-0.05, 0) is 31.0 Å². The second-order valence-electron chi connectivity index (χ2n) is 3.26. The largest absolute Gasteiger partial charge is 0.387 e. The highest BCUT2D eigenvalue weighted by atomic mass is 35.5. The highest BCUT2D eigenvalue weighted by molar-refractivity contribution is 6.31. The molecular formula is C10H14ClNO.